The zero-order valence-electron chi connectivity index (χ0n) is 27.4. The van der Waals surface area contributed by atoms with Gasteiger partial charge in [0.05, 0.1) is 22.1 Å². The Hall–Kier alpha value is -6.64. The van der Waals surface area contributed by atoms with Gasteiger partial charge in [0.1, 0.15) is 0 Å². The Balaban J connectivity index is 1.23. The van der Waals surface area contributed by atoms with Crippen LogP contribution in [0.3, 0.4) is 0 Å². The number of fused-ring (bicyclic) bond motifs is 6. The van der Waals surface area contributed by atoms with E-state index in [-0.39, 0.29) is 0 Å². The first-order chi connectivity index (χ1) is 24.8. The second kappa shape index (κ2) is 11.5. The SMILES string of the molecule is c1ccc(-c2cccc(-c3cccc(-c4cc(-n5c6ccccc6c6ccccc65)cc(-n5c6ccccc6c6ccccc65)c4)c3)c2)cc1. The fourth-order valence-electron chi connectivity index (χ4n) is 7.81. The Kier molecular flexibility index (Phi) is 6.53. The maximum atomic E-state index is 2.43. The molecule has 2 heterocycles. The van der Waals surface area contributed by atoms with E-state index in [1.807, 2.05) is 0 Å². The molecule has 0 unspecified atom stereocenters. The van der Waals surface area contributed by atoms with Crippen LogP contribution >= 0.6 is 0 Å². The van der Waals surface area contributed by atoms with Gasteiger partial charge in [0.25, 0.3) is 0 Å². The summed E-state index contributed by atoms with van der Waals surface area (Å²) >= 11 is 0. The minimum atomic E-state index is 1.13. The number of hydrogen-bond acceptors (Lipinski definition) is 0. The van der Waals surface area contributed by atoms with Crippen LogP contribution in [0, 0.1) is 0 Å². The van der Waals surface area contributed by atoms with E-state index in [2.05, 4.69) is 203 Å². The molecule has 0 bridgehead atoms. The van der Waals surface area contributed by atoms with E-state index in [9.17, 15) is 0 Å². The molecule has 2 aromatic heterocycles. The number of benzene rings is 8. The number of aromatic nitrogens is 2. The average Bonchev–Trinajstić information content (AvgIpc) is 3.71. The first kappa shape index (κ1) is 28.4. The van der Waals surface area contributed by atoms with E-state index in [4.69, 9.17) is 0 Å². The highest BCUT2D eigenvalue weighted by Crippen LogP contribution is 2.38. The van der Waals surface area contributed by atoms with Crippen LogP contribution in [-0.2, 0) is 0 Å². The quantitative estimate of drug-likeness (QED) is 0.178. The van der Waals surface area contributed by atoms with Crippen LogP contribution in [0.1, 0.15) is 0 Å². The van der Waals surface area contributed by atoms with Crippen molar-refractivity contribution in [2.24, 2.45) is 0 Å². The highest BCUT2D eigenvalue weighted by Gasteiger charge is 2.17. The van der Waals surface area contributed by atoms with E-state index in [1.165, 1.54) is 77.0 Å². The Labute approximate surface area is 290 Å². The van der Waals surface area contributed by atoms with Crippen molar-refractivity contribution >= 4 is 43.6 Å². The maximum Gasteiger partial charge on any atom is 0.0541 e. The summed E-state index contributed by atoms with van der Waals surface area (Å²) in [4.78, 5) is 0. The first-order valence-electron chi connectivity index (χ1n) is 17.2. The maximum absolute atomic E-state index is 2.43. The van der Waals surface area contributed by atoms with Gasteiger partial charge in [0, 0.05) is 32.9 Å². The van der Waals surface area contributed by atoms with Gasteiger partial charge in [-0.3, -0.25) is 0 Å². The second-order valence-corrected chi connectivity index (χ2v) is 13.0. The van der Waals surface area contributed by atoms with E-state index < -0.39 is 0 Å². The minimum Gasteiger partial charge on any atom is -0.309 e. The zero-order chi connectivity index (χ0) is 33.0. The van der Waals surface area contributed by atoms with Crippen LogP contribution in [0.4, 0.5) is 0 Å². The Bertz CT molecular complexity index is 2630. The molecule has 0 saturated carbocycles. The molecule has 2 heteroatoms. The number of hydrogen-bond donors (Lipinski definition) is 0. The van der Waals surface area contributed by atoms with Crippen molar-refractivity contribution in [3.05, 3.63) is 194 Å². The summed E-state index contributed by atoms with van der Waals surface area (Å²) in [5, 5.41) is 5.03. The predicted molar refractivity (Wildman–Crippen MR) is 211 cm³/mol. The van der Waals surface area contributed by atoms with Crippen molar-refractivity contribution in [2.75, 3.05) is 0 Å². The molecule has 2 nitrogen and oxygen atoms in total. The van der Waals surface area contributed by atoms with Crippen LogP contribution < -0.4 is 0 Å². The number of para-hydroxylation sites is 4. The summed E-state index contributed by atoms with van der Waals surface area (Å²) in [5.41, 5.74) is 14.2. The standard InChI is InChI=1S/C48H32N2/c1-2-14-33(15-3-1)34-16-12-17-35(28-34)36-18-13-19-37(29-36)38-30-39(49-45-24-8-4-20-41(45)42-21-5-9-25-46(42)49)32-40(31-38)50-47-26-10-6-22-43(47)44-23-7-11-27-48(44)50/h1-32H. The molecule has 8 aromatic carbocycles. The summed E-state index contributed by atoms with van der Waals surface area (Å²) in [7, 11) is 0. The third kappa shape index (κ3) is 4.57. The van der Waals surface area contributed by atoms with Crippen molar-refractivity contribution in [2.45, 2.75) is 0 Å². The van der Waals surface area contributed by atoms with Gasteiger partial charge in [0.2, 0.25) is 0 Å². The molecular weight excluding hydrogens is 605 g/mol. The molecule has 0 saturated heterocycles. The van der Waals surface area contributed by atoms with Crippen molar-refractivity contribution < 1.29 is 0 Å². The molecule has 0 aliphatic carbocycles. The minimum absolute atomic E-state index is 1.13. The molecule has 10 rings (SSSR count). The fraction of sp³-hybridized carbons (Fsp3) is 0. The van der Waals surface area contributed by atoms with Gasteiger partial charge in [-0.25, -0.2) is 0 Å². The molecule has 0 atom stereocenters. The van der Waals surface area contributed by atoms with Crippen molar-refractivity contribution in [3.8, 4) is 44.8 Å². The van der Waals surface area contributed by atoms with Gasteiger partial charge in [0.15, 0.2) is 0 Å². The number of rotatable bonds is 5. The van der Waals surface area contributed by atoms with E-state index in [0.717, 1.165) is 11.4 Å². The summed E-state index contributed by atoms with van der Waals surface area (Å²) < 4.78 is 4.86. The predicted octanol–water partition coefficient (Wildman–Crippen LogP) is 12.9. The first-order valence-corrected chi connectivity index (χ1v) is 17.2. The largest absolute Gasteiger partial charge is 0.309 e. The fourth-order valence-corrected chi connectivity index (χ4v) is 7.81. The van der Waals surface area contributed by atoms with E-state index in [0.29, 0.717) is 0 Å². The Morgan fingerprint density at radius 2 is 0.540 bits per heavy atom. The summed E-state index contributed by atoms with van der Waals surface area (Å²) in [6, 6.07) is 70.5. The molecule has 0 N–H and O–H groups in total. The van der Waals surface area contributed by atoms with Gasteiger partial charge >= 0.3 is 0 Å². The van der Waals surface area contributed by atoms with Crippen LogP contribution in [-0.4, -0.2) is 9.13 Å². The highest BCUT2D eigenvalue weighted by molar-refractivity contribution is 6.10. The second-order valence-electron chi connectivity index (χ2n) is 13.0. The lowest BCUT2D eigenvalue weighted by Gasteiger charge is -2.16. The summed E-state index contributed by atoms with van der Waals surface area (Å²) in [5.74, 6) is 0. The molecule has 10 aromatic rings. The molecule has 0 aliphatic heterocycles. The van der Waals surface area contributed by atoms with Gasteiger partial charge in [-0.2, -0.15) is 0 Å². The molecule has 0 spiro atoms. The lowest BCUT2D eigenvalue weighted by atomic mass is 9.96. The third-order valence-corrected chi connectivity index (χ3v) is 10.1. The van der Waals surface area contributed by atoms with Crippen LogP contribution in [0.25, 0.3) is 88.4 Å². The summed E-state index contributed by atoms with van der Waals surface area (Å²) in [6.07, 6.45) is 0. The van der Waals surface area contributed by atoms with Crippen molar-refractivity contribution in [3.63, 3.8) is 0 Å². The molecule has 0 aliphatic rings. The lowest BCUT2D eigenvalue weighted by Crippen LogP contribution is -2.00. The molecule has 50 heavy (non-hydrogen) atoms. The molecule has 0 fully saturated rings. The van der Waals surface area contributed by atoms with Gasteiger partial charge in [-0.1, -0.05) is 140 Å². The van der Waals surface area contributed by atoms with Crippen molar-refractivity contribution in [1.29, 1.82) is 0 Å². The van der Waals surface area contributed by atoms with E-state index in [1.54, 1.807) is 0 Å². The van der Waals surface area contributed by atoms with Crippen LogP contribution in [0.5, 0.6) is 0 Å². The summed E-state index contributed by atoms with van der Waals surface area (Å²) in [6.45, 7) is 0. The molecule has 234 valence electrons. The van der Waals surface area contributed by atoms with Gasteiger partial charge in [-0.15, -0.1) is 0 Å². The van der Waals surface area contributed by atoms with Crippen LogP contribution in [0.15, 0.2) is 194 Å². The normalized spacial score (nSPS) is 11.6. The topological polar surface area (TPSA) is 9.86 Å². The monoisotopic (exact) mass is 636 g/mol. The van der Waals surface area contributed by atoms with Crippen LogP contribution in [0.2, 0.25) is 0 Å². The lowest BCUT2D eigenvalue weighted by molar-refractivity contribution is 1.13. The Morgan fingerprint density at radius 1 is 0.220 bits per heavy atom. The number of nitrogens with zero attached hydrogens (tertiary/aromatic N) is 2. The van der Waals surface area contributed by atoms with Gasteiger partial charge < -0.3 is 9.13 Å². The average molecular weight is 637 g/mol. The third-order valence-electron chi connectivity index (χ3n) is 10.1. The Morgan fingerprint density at radius 3 is 0.960 bits per heavy atom. The highest BCUT2D eigenvalue weighted by atomic mass is 15.0. The van der Waals surface area contributed by atoms with E-state index >= 15 is 0 Å². The van der Waals surface area contributed by atoms with Crippen molar-refractivity contribution in [1.82, 2.24) is 9.13 Å². The molecule has 0 radical (unpaired) electrons. The zero-order valence-corrected chi connectivity index (χ0v) is 27.4. The van der Waals surface area contributed by atoms with Gasteiger partial charge in [-0.05, 0) is 88.0 Å². The molecule has 0 amide bonds. The molecular formula is C48H32N2. The smallest absolute Gasteiger partial charge is 0.0541 e.